The zero-order chi connectivity index (χ0) is 20.8. The van der Waals surface area contributed by atoms with Crippen molar-refractivity contribution in [1.29, 1.82) is 0 Å². The first-order valence-electron chi connectivity index (χ1n) is 8.87. The van der Waals surface area contributed by atoms with Crippen LogP contribution in [0.15, 0.2) is 42.5 Å². The van der Waals surface area contributed by atoms with Crippen molar-refractivity contribution in [3.63, 3.8) is 0 Å². The monoisotopic (exact) mass is 418 g/mol. The molecule has 0 unspecified atom stereocenters. The van der Waals surface area contributed by atoms with Gasteiger partial charge in [0.1, 0.15) is 5.02 Å². The number of rotatable bonds is 6. The summed E-state index contributed by atoms with van der Waals surface area (Å²) < 4.78 is 5.25. The number of anilines is 2. The Kier molecular flexibility index (Phi) is 6.76. The van der Waals surface area contributed by atoms with E-state index in [1.165, 1.54) is 12.1 Å². The van der Waals surface area contributed by atoms with Gasteiger partial charge in [-0.15, -0.1) is 0 Å². The Hall–Kier alpha value is -3.01. The third-order valence-corrected chi connectivity index (χ3v) is 4.62. The van der Waals surface area contributed by atoms with E-state index in [-0.39, 0.29) is 28.7 Å². The van der Waals surface area contributed by atoms with E-state index in [4.69, 9.17) is 16.3 Å². The van der Waals surface area contributed by atoms with Crippen LogP contribution in [-0.2, 0) is 9.53 Å². The summed E-state index contributed by atoms with van der Waals surface area (Å²) >= 11 is 5.76. The smallest absolute Gasteiger partial charge is 0.288 e. The predicted octanol–water partition coefficient (Wildman–Crippen LogP) is 2.77. The summed E-state index contributed by atoms with van der Waals surface area (Å²) in [6.45, 7) is 2.98. The molecule has 3 rings (SSSR count). The Labute approximate surface area is 171 Å². The lowest BCUT2D eigenvalue weighted by Gasteiger charge is -2.25. The van der Waals surface area contributed by atoms with Gasteiger partial charge in [-0.25, -0.2) is 0 Å². The van der Waals surface area contributed by atoms with Crippen molar-refractivity contribution in [1.82, 2.24) is 4.90 Å². The van der Waals surface area contributed by atoms with E-state index >= 15 is 0 Å². The van der Waals surface area contributed by atoms with Crippen molar-refractivity contribution in [3.05, 3.63) is 63.2 Å². The van der Waals surface area contributed by atoms with E-state index in [2.05, 4.69) is 10.6 Å². The zero-order valence-corrected chi connectivity index (χ0v) is 16.1. The molecule has 1 aliphatic heterocycles. The third kappa shape index (κ3) is 5.74. The van der Waals surface area contributed by atoms with Crippen LogP contribution in [0.3, 0.4) is 0 Å². The van der Waals surface area contributed by atoms with Gasteiger partial charge in [0, 0.05) is 36.1 Å². The molecular weight excluding hydrogens is 400 g/mol. The molecule has 0 aliphatic carbocycles. The molecule has 152 valence electrons. The van der Waals surface area contributed by atoms with Crippen LogP contribution in [-0.4, -0.2) is 54.5 Å². The van der Waals surface area contributed by atoms with Gasteiger partial charge in [-0.2, -0.15) is 0 Å². The lowest BCUT2D eigenvalue weighted by molar-refractivity contribution is -0.384. The number of nitrogens with one attached hydrogen (secondary N) is 2. The summed E-state index contributed by atoms with van der Waals surface area (Å²) in [7, 11) is 0. The van der Waals surface area contributed by atoms with Gasteiger partial charge >= 0.3 is 0 Å². The normalized spacial score (nSPS) is 14.2. The Morgan fingerprint density at radius 1 is 1.07 bits per heavy atom. The first-order chi connectivity index (χ1) is 13.9. The van der Waals surface area contributed by atoms with E-state index < -0.39 is 10.8 Å². The number of halogens is 1. The Bertz CT molecular complexity index is 913. The highest BCUT2D eigenvalue weighted by atomic mass is 35.5. The number of hydrogen-bond donors (Lipinski definition) is 2. The predicted molar refractivity (Wildman–Crippen MR) is 108 cm³/mol. The highest BCUT2D eigenvalue weighted by molar-refractivity contribution is 6.32. The number of nitro groups is 1. The first-order valence-corrected chi connectivity index (χ1v) is 9.25. The fourth-order valence-corrected chi connectivity index (χ4v) is 2.98. The first kappa shape index (κ1) is 20.7. The number of carbonyl (C=O) groups is 2. The minimum Gasteiger partial charge on any atom is -0.379 e. The molecule has 0 spiro atoms. The molecule has 2 N–H and O–H groups in total. The van der Waals surface area contributed by atoms with Crippen LogP contribution in [0.25, 0.3) is 0 Å². The molecule has 1 aliphatic rings. The summed E-state index contributed by atoms with van der Waals surface area (Å²) in [4.78, 5) is 36.8. The van der Waals surface area contributed by atoms with Crippen molar-refractivity contribution in [2.24, 2.45) is 0 Å². The summed E-state index contributed by atoms with van der Waals surface area (Å²) in [5.41, 5.74) is 0.865. The molecule has 0 radical (unpaired) electrons. The Balaban J connectivity index is 1.57. The highest BCUT2D eigenvalue weighted by Gasteiger charge is 2.17. The quantitative estimate of drug-likeness (QED) is 0.550. The standard InChI is InChI=1S/C19H19ClN4O5/c20-16-6-1-13(11-17(16)24(27)28)19(26)22-15-4-2-14(3-5-15)21-18(25)12-23-7-9-29-10-8-23/h1-6,11H,7-10,12H2,(H,21,25)(H,22,26). The summed E-state index contributed by atoms with van der Waals surface area (Å²) in [6, 6.07) is 10.4. The van der Waals surface area contributed by atoms with Crippen molar-refractivity contribution < 1.29 is 19.2 Å². The number of carbonyl (C=O) groups excluding carboxylic acids is 2. The number of morpholine rings is 1. The lowest BCUT2D eigenvalue weighted by Crippen LogP contribution is -2.41. The number of benzene rings is 2. The average molecular weight is 419 g/mol. The van der Waals surface area contributed by atoms with Gasteiger partial charge in [-0.3, -0.25) is 24.6 Å². The lowest BCUT2D eigenvalue weighted by atomic mass is 10.2. The van der Waals surface area contributed by atoms with E-state index in [9.17, 15) is 19.7 Å². The summed E-state index contributed by atoms with van der Waals surface area (Å²) in [6.07, 6.45) is 0. The molecule has 0 saturated carbocycles. The van der Waals surface area contributed by atoms with Crippen LogP contribution in [0.5, 0.6) is 0 Å². The van der Waals surface area contributed by atoms with E-state index in [0.717, 1.165) is 19.2 Å². The second-order valence-corrected chi connectivity index (χ2v) is 6.80. The number of amides is 2. The second kappa shape index (κ2) is 9.46. The van der Waals surface area contributed by atoms with Gasteiger partial charge in [0.25, 0.3) is 11.6 Å². The van der Waals surface area contributed by atoms with Crippen LogP contribution >= 0.6 is 11.6 Å². The zero-order valence-electron chi connectivity index (χ0n) is 15.4. The fourth-order valence-electron chi connectivity index (χ4n) is 2.80. The van der Waals surface area contributed by atoms with E-state index in [1.807, 2.05) is 4.90 Å². The minimum absolute atomic E-state index is 0.0382. The maximum Gasteiger partial charge on any atom is 0.288 e. The maximum atomic E-state index is 12.3. The van der Waals surface area contributed by atoms with Crippen molar-refractivity contribution in [3.8, 4) is 0 Å². The topological polar surface area (TPSA) is 114 Å². The van der Waals surface area contributed by atoms with E-state index in [1.54, 1.807) is 24.3 Å². The van der Waals surface area contributed by atoms with Gasteiger partial charge in [-0.1, -0.05) is 11.6 Å². The van der Waals surface area contributed by atoms with Gasteiger partial charge in [-0.05, 0) is 36.4 Å². The molecule has 2 amide bonds. The molecule has 1 fully saturated rings. The van der Waals surface area contributed by atoms with Gasteiger partial charge in [0.2, 0.25) is 5.91 Å². The number of nitrogens with zero attached hydrogens (tertiary/aromatic N) is 2. The Morgan fingerprint density at radius 3 is 2.31 bits per heavy atom. The third-order valence-electron chi connectivity index (χ3n) is 4.30. The SMILES string of the molecule is O=C(CN1CCOCC1)Nc1ccc(NC(=O)c2ccc(Cl)c([N+](=O)[O-])c2)cc1. The molecule has 29 heavy (non-hydrogen) atoms. The van der Waals surface area contributed by atoms with Crippen LogP contribution in [0.1, 0.15) is 10.4 Å². The van der Waals surface area contributed by atoms with Gasteiger partial charge in [0.15, 0.2) is 0 Å². The molecule has 0 atom stereocenters. The van der Waals surface area contributed by atoms with Crippen LogP contribution in [0.2, 0.25) is 5.02 Å². The number of ether oxygens (including phenoxy) is 1. The molecular formula is C19H19ClN4O5. The number of hydrogen-bond acceptors (Lipinski definition) is 6. The average Bonchev–Trinajstić information content (AvgIpc) is 2.70. The molecule has 2 aromatic carbocycles. The highest BCUT2D eigenvalue weighted by Crippen LogP contribution is 2.25. The molecule has 0 aromatic heterocycles. The Morgan fingerprint density at radius 2 is 1.69 bits per heavy atom. The molecule has 0 bridgehead atoms. The van der Waals surface area contributed by atoms with Gasteiger partial charge in [0.05, 0.1) is 24.7 Å². The summed E-state index contributed by atoms with van der Waals surface area (Å²) in [5.74, 6) is -0.633. The van der Waals surface area contributed by atoms with Crippen molar-refractivity contribution in [2.75, 3.05) is 43.5 Å². The molecule has 1 heterocycles. The van der Waals surface area contributed by atoms with Crippen molar-refractivity contribution in [2.45, 2.75) is 0 Å². The molecule has 10 heteroatoms. The maximum absolute atomic E-state index is 12.3. The molecule has 1 saturated heterocycles. The minimum atomic E-state index is -0.645. The largest absolute Gasteiger partial charge is 0.379 e. The van der Waals surface area contributed by atoms with Crippen molar-refractivity contribution >= 4 is 40.5 Å². The van der Waals surface area contributed by atoms with Crippen LogP contribution in [0.4, 0.5) is 17.1 Å². The summed E-state index contributed by atoms with van der Waals surface area (Å²) in [5, 5.41) is 16.4. The van der Waals surface area contributed by atoms with Crippen LogP contribution in [0, 0.1) is 10.1 Å². The van der Waals surface area contributed by atoms with E-state index in [0.29, 0.717) is 24.6 Å². The second-order valence-electron chi connectivity index (χ2n) is 6.39. The fraction of sp³-hybridized carbons (Fsp3) is 0.263. The van der Waals surface area contributed by atoms with Gasteiger partial charge < -0.3 is 15.4 Å². The molecule has 2 aromatic rings. The number of nitro benzene ring substituents is 1. The van der Waals surface area contributed by atoms with Crippen LogP contribution < -0.4 is 10.6 Å². The molecule has 9 nitrogen and oxygen atoms in total.